The van der Waals surface area contributed by atoms with Gasteiger partial charge in [-0.3, -0.25) is 18.9 Å². The smallest absolute Gasteiger partial charge is 0.871 e. The van der Waals surface area contributed by atoms with Gasteiger partial charge in [0.25, 0.3) is 26.1 Å². The minimum absolute atomic E-state index is 0. The number of methoxy groups -OCH3 is 2. The van der Waals surface area contributed by atoms with E-state index in [1.807, 2.05) is 13.8 Å². The Hall–Kier alpha value is -6.41. The van der Waals surface area contributed by atoms with Crippen molar-refractivity contribution in [1.82, 2.24) is 0 Å². The van der Waals surface area contributed by atoms with Crippen LogP contribution < -0.4 is 25.0 Å². The average Bonchev–Trinajstić information content (AvgIpc) is 3.37. The van der Waals surface area contributed by atoms with Crippen LogP contribution in [0.1, 0.15) is 40.9 Å². The first kappa shape index (κ1) is 57.9. The van der Waals surface area contributed by atoms with Gasteiger partial charge in [0.2, 0.25) is 0 Å². The van der Waals surface area contributed by atoms with Crippen LogP contribution in [-0.4, -0.2) is 106 Å². The van der Waals surface area contributed by atoms with E-state index >= 15 is 0 Å². The number of para-hydroxylation sites is 4. The van der Waals surface area contributed by atoms with Gasteiger partial charge in [-0.05, 0) is 107 Å². The fourth-order valence-electron chi connectivity index (χ4n) is 7.53. The summed E-state index contributed by atoms with van der Waals surface area (Å²) in [5.74, 6) is -1.88. The third-order valence-corrected chi connectivity index (χ3v) is 13.8. The first-order valence-corrected chi connectivity index (χ1v) is 25.7. The number of hydrogen-bond acceptors (Lipinski definition) is 15. The van der Waals surface area contributed by atoms with Crippen molar-refractivity contribution in [3.63, 3.8) is 0 Å². The number of nitrogens with one attached hydrogen (secondary N) is 1. The number of ether oxygens (including phenoxy) is 2. The molecule has 380 valence electrons. The second-order valence-corrected chi connectivity index (χ2v) is 19.3. The number of aliphatic imine (C=N–C) groups is 1. The SMILES string of the molecule is CCc1cc(Cl)c(S(=O)(=O)O)c(N=Nc2c(O)c(C(=O)Nc3ccccc3OC)cc3ccccc23)c1.CCc1cc(Cl)c(S(=O)(=O)O)c(N=Nc2c([O-])c(C([O-])=Nc3ccccc3OC)cc3ccccc23)c1.[Ba+2]. The second-order valence-electron chi connectivity index (χ2n) is 15.8. The second kappa shape index (κ2) is 25.0. The maximum Gasteiger partial charge on any atom is 2.00 e. The van der Waals surface area contributed by atoms with Crippen molar-refractivity contribution in [3.05, 3.63) is 166 Å². The van der Waals surface area contributed by atoms with Gasteiger partial charge >= 0.3 is 48.9 Å². The molecule has 1 amide bonds. The molecule has 0 saturated carbocycles. The van der Waals surface area contributed by atoms with E-state index in [0.717, 1.165) is 0 Å². The van der Waals surface area contributed by atoms with Crippen LogP contribution in [0.2, 0.25) is 10.0 Å². The molecule has 4 N–H and O–H groups in total. The number of carbonyl (C=O) groups is 1. The Kier molecular flexibility index (Phi) is 19.3. The molecule has 8 rings (SSSR count). The summed E-state index contributed by atoms with van der Waals surface area (Å²) in [5, 5.41) is 57.9. The van der Waals surface area contributed by atoms with Crippen LogP contribution in [0.3, 0.4) is 0 Å². The summed E-state index contributed by atoms with van der Waals surface area (Å²) in [4.78, 5) is 16.0. The number of phenolic OH excluding ortho intramolecular Hbond substituents is 1. The van der Waals surface area contributed by atoms with E-state index in [1.165, 1.54) is 50.6 Å². The number of phenols is 1. The fourth-order valence-corrected chi connectivity index (χ4v) is 9.93. The number of aromatic hydroxyl groups is 1. The molecule has 0 atom stereocenters. The minimum atomic E-state index is -4.75. The first-order valence-electron chi connectivity index (χ1n) is 22.0. The van der Waals surface area contributed by atoms with Gasteiger partial charge in [0, 0.05) is 10.8 Å². The van der Waals surface area contributed by atoms with Crippen LogP contribution in [0.15, 0.2) is 169 Å². The molecule has 8 aromatic rings. The number of amides is 1. The van der Waals surface area contributed by atoms with Crippen LogP contribution in [-0.2, 0) is 33.1 Å². The third-order valence-electron chi connectivity index (χ3n) is 11.1. The number of aryl methyl sites for hydroxylation is 2. The molecule has 0 heterocycles. The predicted molar refractivity (Wildman–Crippen MR) is 285 cm³/mol. The van der Waals surface area contributed by atoms with Gasteiger partial charge in [-0.2, -0.15) is 21.9 Å². The molecular weight excluding hydrogens is 1170 g/mol. The van der Waals surface area contributed by atoms with Crippen molar-refractivity contribution in [2.75, 3.05) is 19.5 Å². The zero-order chi connectivity index (χ0) is 53.5. The van der Waals surface area contributed by atoms with Crippen molar-refractivity contribution in [3.8, 4) is 23.0 Å². The number of fused-ring (bicyclic) bond motifs is 2. The molecule has 0 aromatic heterocycles. The molecule has 0 aliphatic rings. The van der Waals surface area contributed by atoms with Crippen molar-refractivity contribution >= 4 is 160 Å². The molecule has 0 saturated heterocycles. The van der Waals surface area contributed by atoms with E-state index in [9.17, 15) is 46.1 Å². The Morgan fingerprint density at radius 1 is 0.613 bits per heavy atom. The van der Waals surface area contributed by atoms with Crippen molar-refractivity contribution < 1.29 is 55.5 Å². The van der Waals surface area contributed by atoms with Crippen molar-refractivity contribution in [2.45, 2.75) is 36.5 Å². The maximum atomic E-state index is 13.4. The molecule has 0 unspecified atom stereocenters. The Balaban J connectivity index is 0.000000241. The molecule has 18 nitrogen and oxygen atoms in total. The van der Waals surface area contributed by atoms with Crippen LogP contribution in [0.25, 0.3) is 21.5 Å². The number of halogens is 2. The van der Waals surface area contributed by atoms with Crippen LogP contribution in [0.4, 0.5) is 34.1 Å². The Bertz CT molecular complexity index is 3830. The van der Waals surface area contributed by atoms with Crippen LogP contribution >= 0.6 is 23.2 Å². The zero-order valence-corrected chi connectivity index (χ0v) is 47.7. The van der Waals surface area contributed by atoms with Gasteiger partial charge in [0.1, 0.15) is 44.0 Å². The van der Waals surface area contributed by atoms with E-state index in [1.54, 1.807) is 97.1 Å². The summed E-state index contributed by atoms with van der Waals surface area (Å²) < 4.78 is 77.8. The largest absolute Gasteiger partial charge is 2.00 e. The molecule has 23 heteroatoms. The predicted octanol–water partition coefficient (Wildman–Crippen LogP) is 11.5. The number of rotatable bonds is 14. The Morgan fingerprint density at radius 3 is 1.59 bits per heavy atom. The van der Waals surface area contributed by atoms with E-state index in [-0.39, 0.29) is 98.5 Å². The number of carbonyl (C=O) groups excluding carboxylic acids is 1. The van der Waals surface area contributed by atoms with Crippen molar-refractivity contribution in [1.29, 1.82) is 0 Å². The van der Waals surface area contributed by atoms with Crippen LogP contribution in [0.5, 0.6) is 23.0 Å². The number of azo groups is 2. The van der Waals surface area contributed by atoms with Gasteiger partial charge in [0.05, 0.1) is 41.2 Å². The van der Waals surface area contributed by atoms with Gasteiger partial charge < -0.3 is 30.1 Å². The average molecular weight is 1220 g/mol. The van der Waals surface area contributed by atoms with E-state index in [2.05, 4.69) is 30.8 Å². The standard InChI is InChI=1S/2C26H22ClN3O6S.Ba/c2*1-3-15-12-19(27)25(37(33,34)35)21(13-15)29-30-23-17-9-5-4-8-16(17)14-18(24(23)31)26(32)28-20-10-6-7-11-22(20)36-2;/h2*4-14,31H,3H2,1-2H3,(H,28,32)(H,33,34,35);/q;;+2/p-2. The fraction of sp³-hybridized carbons (Fsp3) is 0.115. The summed E-state index contributed by atoms with van der Waals surface area (Å²) in [7, 11) is -6.58. The number of anilines is 1. The summed E-state index contributed by atoms with van der Waals surface area (Å²) in [6, 6.07) is 35.5. The van der Waals surface area contributed by atoms with Crippen molar-refractivity contribution in [2.24, 2.45) is 25.4 Å². The van der Waals surface area contributed by atoms with Gasteiger partial charge in [-0.1, -0.05) is 116 Å². The normalized spacial score (nSPS) is 11.9. The summed E-state index contributed by atoms with van der Waals surface area (Å²) in [6.07, 6.45) is 1.01. The summed E-state index contributed by atoms with van der Waals surface area (Å²) in [5.41, 5.74) is 0.874. The van der Waals surface area contributed by atoms with E-state index < -0.39 is 53.3 Å². The number of nitrogens with zero attached hydrogens (tertiary/aromatic N) is 5. The molecule has 75 heavy (non-hydrogen) atoms. The molecule has 0 bridgehead atoms. The first-order chi connectivity index (χ1) is 35.3. The minimum Gasteiger partial charge on any atom is -0.871 e. The molecule has 0 aliphatic heterocycles. The quantitative estimate of drug-likeness (QED) is 0.0260. The Labute approximate surface area is 481 Å². The van der Waals surface area contributed by atoms with Gasteiger partial charge in [-0.15, -0.1) is 15.3 Å². The summed E-state index contributed by atoms with van der Waals surface area (Å²) >= 11 is 12.2. The monoisotopic (exact) mass is 1210 g/mol. The van der Waals surface area contributed by atoms with Gasteiger partial charge in [0.15, 0.2) is 5.75 Å². The number of benzene rings is 8. The molecule has 0 radical (unpaired) electrons. The summed E-state index contributed by atoms with van der Waals surface area (Å²) in [6.45, 7) is 3.66. The van der Waals surface area contributed by atoms with Gasteiger partial charge in [-0.25, -0.2) is 0 Å². The molecule has 8 aromatic carbocycles. The zero-order valence-electron chi connectivity index (χ0n) is 40.1. The molecular formula is C52H42BaCl2N6O12S2. The topological polar surface area (TPSA) is 284 Å². The Morgan fingerprint density at radius 2 is 1.07 bits per heavy atom. The van der Waals surface area contributed by atoms with Crippen LogP contribution in [0, 0.1) is 0 Å². The van der Waals surface area contributed by atoms with E-state index in [4.69, 9.17) is 32.7 Å². The van der Waals surface area contributed by atoms with E-state index in [0.29, 0.717) is 62.7 Å². The third kappa shape index (κ3) is 13.3. The molecule has 0 fully saturated rings. The molecule has 0 spiro atoms. The maximum absolute atomic E-state index is 13.4. The number of hydrogen-bond donors (Lipinski definition) is 4. The molecule has 0 aliphatic carbocycles.